The molecule has 0 spiro atoms. The zero-order valence-electron chi connectivity index (χ0n) is 11.2. The zero-order valence-corrected chi connectivity index (χ0v) is 11.2. The molecule has 18 heavy (non-hydrogen) atoms. The summed E-state index contributed by atoms with van der Waals surface area (Å²) in [5.41, 5.74) is 2.15. The van der Waals surface area contributed by atoms with E-state index in [2.05, 4.69) is 10.3 Å². The van der Waals surface area contributed by atoms with Crippen molar-refractivity contribution in [2.45, 2.75) is 27.7 Å². The number of hydrogen-bond donors (Lipinski definition) is 1. The standard InChI is InChI=1S/C15H18N2O/c1-10-8-9-11-6-5-7-12(13(11)16-10)17-14(18)15(2,3)4/h5-9H,1-4H3,(H,17,18). The summed E-state index contributed by atoms with van der Waals surface area (Å²) in [4.78, 5) is 16.5. The Balaban J connectivity index is 2.45. The van der Waals surface area contributed by atoms with Crippen LogP contribution >= 0.6 is 0 Å². The topological polar surface area (TPSA) is 42.0 Å². The molecule has 2 aromatic rings. The van der Waals surface area contributed by atoms with Gasteiger partial charge in [0.15, 0.2) is 0 Å². The van der Waals surface area contributed by atoms with Crippen LogP contribution in [0.25, 0.3) is 10.9 Å². The first-order chi connectivity index (χ1) is 8.38. The lowest BCUT2D eigenvalue weighted by molar-refractivity contribution is -0.123. The van der Waals surface area contributed by atoms with E-state index in [1.807, 2.05) is 58.0 Å². The minimum atomic E-state index is -0.411. The number of carbonyl (C=O) groups is 1. The number of benzene rings is 1. The summed E-state index contributed by atoms with van der Waals surface area (Å²) in [6, 6.07) is 9.80. The molecule has 1 aromatic heterocycles. The molecule has 0 radical (unpaired) electrons. The van der Waals surface area contributed by atoms with Gasteiger partial charge in [-0.25, -0.2) is 0 Å². The number of carbonyl (C=O) groups excluding carboxylic acids is 1. The van der Waals surface area contributed by atoms with Gasteiger partial charge in [-0.05, 0) is 19.1 Å². The van der Waals surface area contributed by atoms with Gasteiger partial charge in [0.1, 0.15) is 0 Å². The number of para-hydroxylation sites is 1. The second-order valence-corrected chi connectivity index (χ2v) is 5.53. The summed E-state index contributed by atoms with van der Waals surface area (Å²) in [6.07, 6.45) is 0. The number of nitrogens with one attached hydrogen (secondary N) is 1. The number of rotatable bonds is 1. The molecule has 3 heteroatoms. The highest BCUT2D eigenvalue weighted by Crippen LogP contribution is 2.24. The number of amides is 1. The molecule has 0 fully saturated rings. The Hall–Kier alpha value is -1.90. The first-order valence-corrected chi connectivity index (χ1v) is 6.06. The lowest BCUT2D eigenvalue weighted by Gasteiger charge is -2.18. The van der Waals surface area contributed by atoms with Crippen LogP contribution in [0.3, 0.4) is 0 Å². The maximum absolute atomic E-state index is 12.0. The zero-order chi connectivity index (χ0) is 13.3. The second kappa shape index (κ2) is 4.41. The van der Waals surface area contributed by atoms with Crippen molar-refractivity contribution < 1.29 is 4.79 Å². The number of aryl methyl sites for hydroxylation is 1. The van der Waals surface area contributed by atoms with Gasteiger partial charge in [-0.3, -0.25) is 9.78 Å². The molecule has 1 heterocycles. The van der Waals surface area contributed by atoms with E-state index in [-0.39, 0.29) is 5.91 Å². The van der Waals surface area contributed by atoms with E-state index in [9.17, 15) is 4.79 Å². The van der Waals surface area contributed by atoms with E-state index in [0.717, 1.165) is 22.3 Å². The lowest BCUT2D eigenvalue weighted by Crippen LogP contribution is -2.27. The molecule has 1 amide bonds. The quantitative estimate of drug-likeness (QED) is 0.831. The Morgan fingerprint density at radius 2 is 1.89 bits per heavy atom. The van der Waals surface area contributed by atoms with E-state index < -0.39 is 5.41 Å². The highest BCUT2D eigenvalue weighted by molar-refractivity contribution is 6.02. The Bertz CT molecular complexity index is 597. The Morgan fingerprint density at radius 1 is 1.17 bits per heavy atom. The first kappa shape index (κ1) is 12.6. The fourth-order valence-corrected chi connectivity index (χ4v) is 1.66. The molecule has 1 aromatic carbocycles. The van der Waals surface area contributed by atoms with Gasteiger partial charge in [0.25, 0.3) is 0 Å². The van der Waals surface area contributed by atoms with E-state index in [1.54, 1.807) is 0 Å². The SMILES string of the molecule is Cc1ccc2cccc(NC(=O)C(C)(C)C)c2n1. The summed E-state index contributed by atoms with van der Waals surface area (Å²) in [5.74, 6) is -0.00157. The third-order valence-corrected chi connectivity index (χ3v) is 2.79. The third kappa shape index (κ3) is 2.50. The fraction of sp³-hybridized carbons (Fsp3) is 0.333. The van der Waals surface area contributed by atoms with Crippen molar-refractivity contribution in [3.63, 3.8) is 0 Å². The molecule has 94 valence electrons. The smallest absolute Gasteiger partial charge is 0.229 e. The lowest BCUT2D eigenvalue weighted by atomic mass is 9.95. The summed E-state index contributed by atoms with van der Waals surface area (Å²) in [6.45, 7) is 7.63. The number of hydrogen-bond acceptors (Lipinski definition) is 2. The predicted octanol–water partition coefficient (Wildman–Crippen LogP) is 3.53. The van der Waals surface area contributed by atoms with Gasteiger partial charge in [0, 0.05) is 16.5 Å². The minimum Gasteiger partial charge on any atom is -0.324 e. The molecule has 0 unspecified atom stereocenters. The molecule has 2 rings (SSSR count). The molecular weight excluding hydrogens is 224 g/mol. The molecule has 0 bridgehead atoms. The molecule has 3 nitrogen and oxygen atoms in total. The third-order valence-electron chi connectivity index (χ3n) is 2.79. The average Bonchev–Trinajstić information content (AvgIpc) is 2.28. The Kier molecular flexibility index (Phi) is 3.07. The minimum absolute atomic E-state index is 0.00157. The van der Waals surface area contributed by atoms with Gasteiger partial charge in [-0.15, -0.1) is 0 Å². The number of anilines is 1. The van der Waals surface area contributed by atoms with Crippen LogP contribution in [0.1, 0.15) is 26.5 Å². The van der Waals surface area contributed by atoms with Crippen molar-refractivity contribution in [1.29, 1.82) is 0 Å². The van der Waals surface area contributed by atoms with Crippen LogP contribution in [0.15, 0.2) is 30.3 Å². The largest absolute Gasteiger partial charge is 0.324 e. The van der Waals surface area contributed by atoms with Crippen LogP contribution in [0.4, 0.5) is 5.69 Å². The molecule has 0 saturated heterocycles. The second-order valence-electron chi connectivity index (χ2n) is 5.53. The van der Waals surface area contributed by atoms with Crippen LogP contribution < -0.4 is 5.32 Å². The Morgan fingerprint density at radius 3 is 2.56 bits per heavy atom. The van der Waals surface area contributed by atoms with Gasteiger partial charge >= 0.3 is 0 Å². The van der Waals surface area contributed by atoms with Crippen molar-refractivity contribution in [1.82, 2.24) is 4.98 Å². The van der Waals surface area contributed by atoms with Gasteiger partial charge in [-0.1, -0.05) is 39.0 Å². The van der Waals surface area contributed by atoms with Crippen LogP contribution in [0, 0.1) is 12.3 Å². The van der Waals surface area contributed by atoms with Crippen molar-refractivity contribution in [3.8, 4) is 0 Å². The number of nitrogens with zero attached hydrogens (tertiary/aromatic N) is 1. The molecule has 0 aliphatic rings. The first-order valence-electron chi connectivity index (χ1n) is 6.06. The Labute approximate surface area is 107 Å². The van der Waals surface area contributed by atoms with Crippen molar-refractivity contribution in [3.05, 3.63) is 36.0 Å². The van der Waals surface area contributed by atoms with Gasteiger partial charge < -0.3 is 5.32 Å². The maximum Gasteiger partial charge on any atom is 0.229 e. The number of pyridine rings is 1. The van der Waals surface area contributed by atoms with Crippen LogP contribution in [-0.4, -0.2) is 10.9 Å². The summed E-state index contributed by atoms with van der Waals surface area (Å²) in [7, 11) is 0. The van der Waals surface area contributed by atoms with Crippen molar-refractivity contribution in [2.24, 2.45) is 5.41 Å². The van der Waals surface area contributed by atoms with Gasteiger partial charge in [0.2, 0.25) is 5.91 Å². The van der Waals surface area contributed by atoms with Gasteiger partial charge in [-0.2, -0.15) is 0 Å². The summed E-state index contributed by atoms with van der Waals surface area (Å²) in [5, 5.41) is 3.99. The van der Waals surface area contributed by atoms with Crippen molar-refractivity contribution >= 4 is 22.5 Å². The van der Waals surface area contributed by atoms with Gasteiger partial charge in [0.05, 0.1) is 11.2 Å². The normalized spacial score (nSPS) is 11.6. The van der Waals surface area contributed by atoms with E-state index in [1.165, 1.54) is 0 Å². The van der Waals surface area contributed by atoms with E-state index >= 15 is 0 Å². The number of aromatic nitrogens is 1. The van der Waals surface area contributed by atoms with E-state index in [0.29, 0.717) is 0 Å². The highest BCUT2D eigenvalue weighted by Gasteiger charge is 2.21. The molecule has 0 saturated carbocycles. The molecule has 1 N–H and O–H groups in total. The molecular formula is C15H18N2O. The summed E-state index contributed by atoms with van der Waals surface area (Å²) >= 11 is 0. The molecule has 0 atom stereocenters. The number of fused-ring (bicyclic) bond motifs is 1. The predicted molar refractivity (Wildman–Crippen MR) is 74.6 cm³/mol. The summed E-state index contributed by atoms with van der Waals surface area (Å²) < 4.78 is 0. The van der Waals surface area contributed by atoms with Crippen LogP contribution in [-0.2, 0) is 4.79 Å². The van der Waals surface area contributed by atoms with E-state index in [4.69, 9.17) is 0 Å². The van der Waals surface area contributed by atoms with Crippen molar-refractivity contribution in [2.75, 3.05) is 5.32 Å². The average molecular weight is 242 g/mol. The monoisotopic (exact) mass is 242 g/mol. The molecule has 0 aliphatic heterocycles. The maximum atomic E-state index is 12.0. The fourth-order valence-electron chi connectivity index (χ4n) is 1.66. The molecule has 0 aliphatic carbocycles. The highest BCUT2D eigenvalue weighted by atomic mass is 16.2. The van der Waals surface area contributed by atoms with Crippen LogP contribution in [0.5, 0.6) is 0 Å². The van der Waals surface area contributed by atoms with Crippen LogP contribution in [0.2, 0.25) is 0 Å².